The lowest BCUT2D eigenvalue weighted by atomic mass is 10.1. The number of hydrogen-bond acceptors (Lipinski definition) is 5. The third-order valence-corrected chi connectivity index (χ3v) is 3.36. The van der Waals surface area contributed by atoms with Crippen molar-refractivity contribution in [2.75, 3.05) is 12.0 Å². The maximum absolute atomic E-state index is 12.0. The molecule has 0 saturated carbocycles. The standard InChI is InChI=1S/C14H11ClN2O4/c1-3-11-12(13(18)20-2)17(14(19)21-11)9-5-4-8(7-16)10(15)6-9/h3-6,11-12H,1H2,2H3/t11-,12+/m0/s1. The molecule has 1 heterocycles. The lowest BCUT2D eigenvalue weighted by Gasteiger charge is -2.21. The highest BCUT2D eigenvalue weighted by atomic mass is 35.5. The Morgan fingerprint density at radius 3 is 2.86 bits per heavy atom. The van der Waals surface area contributed by atoms with Crippen LogP contribution in [0.2, 0.25) is 5.02 Å². The Morgan fingerprint density at radius 2 is 2.33 bits per heavy atom. The van der Waals surface area contributed by atoms with Crippen LogP contribution in [0, 0.1) is 11.3 Å². The fourth-order valence-electron chi connectivity index (χ4n) is 2.05. The third kappa shape index (κ3) is 2.56. The van der Waals surface area contributed by atoms with E-state index in [0.29, 0.717) is 5.69 Å². The van der Waals surface area contributed by atoms with E-state index in [-0.39, 0.29) is 10.6 Å². The van der Waals surface area contributed by atoms with Gasteiger partial charge in [0.25, 0.3) is 0 Å². The first-order valence-electron chi connectivity index (χ1n) is 5.93. The van der Waals surface area contributed by atoms with Crippen LogP contribution in [0.5, 0.6) is 0 Å². The number of rotatable bonds is 3. The monoisotopic (exact) mass is 306 g/mol. The Balaban J connectivity index is 2.46. The van der Waals surface area contributed by atoms with Crippen molar-refractivity contribution in [1.82, 2.24) is 0 Å². The van der Waals surface area contributed by atoms with Crippen molar-refractivity contribution in [3.63, 3.8) is 0 Å². The predicted molar refractivity (Wildman–Crippen MR) is 74.9 cm³/mol. The van der Waals surface area contributed by atoms with Crippen LogP contribution >= 0.6 is 11.6 Å². The summed E-state index contributed by atoms with van der Waals surface area (Å²) in [5.74, 6) is -0.633. The fourth-order valence-corrected chi connectivity index (χ4v) is 2.26. The molecule has 1 fully saturated rings. The Hall–Kier alpha value is -2.52. The zero-order valence-corrected chi connectivity index (χ0v) is 11.8. The number of anilines is 1. The molecule has 2 atom stereocenters. The second kappa shape index (κ2) is 5.85. The minimum Gasteiger partial charge on any atom is -0.467 e. The molecule has 0 aromatic heterocycles. The van der Waals surface area contributed by atoms with Gasteiger partial charge in [0, 0.05) is 5.69 Å². The van der Waals surface area contributed by atoms with E-state index in [1.165, 1.54) is 31.4 Å². The van der Waals surface area contributed by atoms with Crippen LogP contribution in [0.15, 0.2) is 30.9 Å². The van der Waals surface area contributed by atoms with E-state index in [1.54, 1.807) is 0 Å². The Morgan fingerprint density at radius 1 is 1.62 bits per heavy atom. The van der Waals surface area contributed by atoms with Crippen LogP contribution in [0.1, 0.15) is 5.56 Å². The molecule has 1 aliphatic heterocycles. The van der Waals surface area contributed by atoms with Gasteiger partial charge in [0.1, 0.15) is 6.07 Å². The van der Waals surface area contributed by atoms with Crippen molar-refractivity contribution in [1.29, 1.82) is 5.26 Å². The smallest absolute Gasteiger partial charge is 0.415 e. The SMILES string of the molecule is C=C[C@@H]1OC(=O)N(c2ccc(C#N)c(Cl)c2)[C@H]1C(=O)OC. The maximum Gasteiger partial charge on any atom is 0.415 e. The molecular formula is C14H11ClN2O4. The molecular weight excluding hydrogens is 296 g/mol. The van der Waals surface area contributed by atoms with Gasteiger partial charge in [-0.15, -0.1) is 0 Å². The fraction of sp³-hybridized carbons (Fsp3) is 0.214. The molecule has 0 bridgehead atoms. The van der Waals surface area contributed by atoms with Gasteiger partial charge in [0.15, 0.2) is 12.1 Å². The molecule has 1 aromatic rings. The average Bonchev–Trinajstić information content (AvgIpc) is 2.82. The van der Waals surface area contributed by atoms with Gasteiger partial charge in [-0.25, -0.2) is 9.59 Å². The molecule has 7 heteroatoms. The van der Waals surface area contributed by atoms with Gasteiger partial charge in [-0.05, 0) is 24.3 Å². The molecule has 1 aliphatic rings. The van der Waals surface area contributed by atoms with E-state index < -0.39 is 24.2 Å². The quantitative estimate of drug-likeness (QED) is 0.632. The van der Waals surface area contributed by atoms with Crippen molar-refractivity contribution in [3.05, 3.63) is 41.4 Å². The summed E-state index contributed by atoms with van der Waals surface area (Å²) in [6, 6.07) is 5.32. The highest BCUT2D eigenvalue weighted by Crippen LogP contribution is 2.31. The summed E-state index contributed by atoms with van der Waals surface area (Å²) in [5, 5.41) is 9.03. The zero-order chi connectivity index (χ0) is 15.6. The topological polar surface area (TPSA) is 79.6 Å². The summed E-state index contributed by atoms with van der Waals surface area (Å²) >= 11 is 5.95. The van der Waals surface area contributed by atoms with Crippen LogP contribution in [0.25, 0.3) is 0 Å². The van der Waals surface area contributed by atoms with Gasteiger partial charge in [-0.2, -0.15) is 5.26 Å². The van der Waals surface area contributed by atoms with E-state index in [4.69, 9.17) is 26.3 Å². The molecule has 0 radical (unpaired) electrons. The Bertz CT molecular complexity index is 653. The number of nitrogens with zero attached hydrogens (tertiary/aromatic N) is 2. The number of benzene rings is 1. The van der Waals surface area contributed by atoms with Crippen LogP contribution in [0.3, 0.4) is 0 Å². The summed E-state index contributed by atoms with van der Waals surface area (Å²) in [7, 11) is 1.22. The van der Waals surface area contributed by atoms with Crippen molar-refractivity contribution in [2.24, 2.45) is 0 Å². The number of ether oxygens (including phenoxy) is 2. The van der Waals surface area contributed by atoms with Crippen molar-refractivity contribution in [3.8, 4) is 6.07 Å². The molecule has 1 amide bonds. The zero-order valence-electron chi connectivity index (χ0n) is 11.1. The number of halogens is 1. The van der Waals surface area contributed by atoms with E-state index >= 15 is 0 Å². The Labute approximate surface area is 126 Å². The van der Waals surface area contributed by atoms with E-state index in [2.05, 4.69) is 6.58 Å². The van der Waals surface area contributed by atoms with E-state index in [1.807, 2.05) is 6.07 Å². The average molecular weight is 307 g/mol. The minimum absolute atomic E-state index is 0.175. The summed E-state index contributed by atoms with van der Waals surface area (Å²) in [4.78, 5) is 25.0. The highest BCUT2D eigenvalue weighted by molar-refractivity contribution is 6.32. The number of carbonyl (C=O) groups excluding carboxylic acids is 2. The minimum atomic E-state index is -0.982. The van der Waals surface area contributed by atoms with Crippen molar-refractivity contribution < 1.29 is 19.1 Å². The van der Waals surface area contributed by atoms with Crippen LogP contribution in [0.4, 0.5) is 10.5 Å². The number of esters is 1. The van der Waals surface area contributed by atoms with E-state index in [0.717, 1.165) is 4.90 Å². The number of amides is 1. The Kier molecular flexibility index (Phi) is 4.15. The molecule has 1 aromatic carbocycles. The lowest BCUT2D eigenvalue weighted by molar-refractivity contribution is -0.142. The molecule has 0 unspecified atom stereocenters. The summed E-state index contributed by atoms with van der Waals surface area (Å²) < 4.78 is 9.77. The summed E-state index contributed by atoms with van der Waals surface area (Å²) in [6.45, 7) is 3.54. The number of methoxy groups -OCH3 is 1. The van der Waals surface area contributed by atoms with Gasteiger partial charge in [0.05, 0.1) is 17.7 Å². The number of carbonyl (C=O) groups is 2. The lowest BCUT2D eigenvalue weighted by Crippen LogP contribution is -2.43. The summed E-state index contributed by atoms with van der Waals surface area (Å²) in [5.41, 5.74) is 0.603. The molecule has 21 heavy (non-hydrogen) atoms. The van der Waals surface area contributed by atoms with Crippen LogP contribution in [-0.4, -0.2) is 31.3 Å². The first-order chi connectivity index (χ1) is 10.0. The first kappa shape index (κ1) is 14.9. The molecule has 0 spiro atoms. The van der Waals surface area contributed by atoms with Crippen molar-refractivity contribution in [2.45, 2.75) is 12.1 Å². The molecule has 0 N–H and O–H groups in total. The molecule has 1 saturated heterocycles. The molecule has 0 aliphatic carbocycles. The summed E-state index contributed by atoms with van der Waals surface area (Å²) in [6.07, 6.45) is -0.180. The van der Waals surface area contributed by atoms with Crippen molar-refractivity contribution >= 4 is 29.4 Å². The van der Waals surface area contributed by atoms with Gasteiger partial charge >= 0.3 is 12.1 Å². The van der Waals surface area contributed by atoms with Crippen LogP contribution in [-0.2, 0) is 14.3 Å². The second-order valence-corrected chi connectivity index (χ2v) is 4.61. The maximum atomic E-state index is 12.0. The largest absolute Gasteiger partial charge is 0.467 e. The normalized spacial score (nSPS) is 20.6. The van der Waals surface area contributed by atoms with Crippen LogP contribution < -0.4 is 4.90 Å². The number of nitriles is 1. The third-order valence-electron chi connectivity index (χ3n) is 3.05. The molecule has 2 rings (SSSR count). The number of hydrogen-bond donors (Lipinski definition) is 0. The van der Waals surface area contributed by atoms with Gasteiger partial charge in [0.2, 0.25) is 0 Å². The molecule has 6 nitrogen and oxygen atoms in total. The second-order valence-electron chi connectivity index (χ2n) is 4.20. The van der Waals surface area contributed by atoms with Gasteiger partial charge in [-0.3, -0.25) is 4.90 Å². The van der Waals surface area contributed by atoms with Gasteiger partial charge < -0.3 is 9.47 Å². The first-order valence-corrected chi connectivity index (χ1v) is 6.31. The number of cyclic esters (lactones) is 1. The van der Waals surface area contributed by atoms with E-state index in [9.17, 15) is 9.59 Å². The predicted octanol–water partition coefficient (Wildman–Crippen LogP) is 2.26. The highest BCUT2D eigenvalue weighted by Gasteiger charge is 2.46. The van der Waals surface area contributed by atoms with Gasteiger partial charge in [-0.1, -0.05) is 18.2 Å². The molecule has 108 valence electrons.